The molecule has 332 valence electrons. The van der Waals surface area contributed by atoms with E-state index in [9.17, 15) is 15.5 Å². The molecular formula is C49H53Cl3N4O7. The normalized spacial score (nSPS) is 19.0. The molecule has 2 aliphatic heterocycles. The first-order chi connectivity index (χ1) is 30.3. The maximum absolute atomic E-state index is 11.5. The van der Waals surface area contributed by atoms with Gasteiger partial charge in [-0.05, 0) is 105 Å². The molecule has 2 saturated heterocycles. The second kappa shape index (κ2) is 22.1. The smallest absolute Gasteiger partial charge is 0.290 e. The van der Waals surface area contributed by atoms with Crippen LogP contribution in [0.25, 0.3) is 11.1 Å². The Bertz CT molecular complexity index is 2370. The minimum Gasteiger partial charge on any atom is -0.492 e. The summed E-state index contributed by atoms with van der Waals surface area (Å²) in [7, 11) is 0. The summed E-state index contributed by atoms with van der Waals surface area (Å²) >= 11 is 20.0. The van der Waals surface area contributed by atoms with Crippen molar-refractivity contribution in [2.24, 2.45) is 0 Å². The number of nitriles is 1. The fraction of sp³-hybridized carbons (Fsp3) is 0.367. The summed E-state index contributed by atoms with van der Waals surface area (Å²) in [6.07, 6.45) is 7.93. The van der Waals surface area contributed by atoms with Crippen LogP contribution in [0.3, 0.4) is 0 Å². The van der Waals surface area contributed by atoms with Crippen LogP contribution in [0.2, 0.25) is 15.1 Å². The van der Waals surface area contributed by atoms with Crippen molar-refractivity contribution >= 4 is 41.3 Å². The average Bonchev–Trinajstić information content (AvgIpc) is 3.27. The first-order valence-corrected chi connectivity index (χ1v) is 22.1. The van der Waals surface area contributed by atoms with Crippen molar-refractivity contribution in [1.82, 2.24) is 14.8 Å². The summed E-state index contributed by atoms with van der Waals surface area (Å²) in [5, 5.41) is 40.8. The van der Waals surface area contributed by atoms with Gasteiger partial charge in [-0.25, -0.2) is 0 Å². The molecule has 1 aromatic heterocycles. The first kappa shape index (κ1) is 47.6. The van der Waals surface area contributed by atoms with Gasteiger partial charge in [-0.3, -0.25) is 14.7 Å². The molecule has 5 aromatic rings. The third-order valence-corrected chi connectivity index (χ3v) is 12.7. The van der Waals surface area contributed by atoms with Gasteiger partial charge in [0.2, 0.25) is 0 Å². The molecule has 0 aliphatic carbocycles. The van der Waals surface area contributed by atoms with E-state index in [2.05, 4.69) is 27.8 Å². The molecule has 14 heteroatoms. The van der Waals surface area contributed by atoms with E-state index in [4.69, 9.17) is 58.9 Å². The second-order valence-electron chi connectivity index (χ2n) is 16.2. The number of likely N-dealkylation sites (tertiary alicyclic amines) is 2. The Hall–Kier alpha value is -4.90. The number of halogens is 3. The number of hydrogen-bond donors (Lipinski definition) is 3. The minimum atomic E-state index is -1.37. The third kappa shape index (κ3) is 12.0. The van der Waals surface area contributed by atoms with Crippen LogP contribution in [-0.4, -0.2) is 81.5 Å². The van der Waals surface area contributed by atoms with Crippen molar-refractivity contribution in [3.63, 3.8) is 0 Å². The highest BCUT2D eigenvalue weighted by Gasteiger charge is 2.50. The molecule has 0 radical (unpaired) electrons. The number of carboxylic acid groups (broad SMARTS) is 1. The Morgan fingerprint density at radius 1 is 0.825 bits per heavy atom. The molecule has 63 heavy (non-hydrogen) atoms. The molecule has 7 rings (SSSR count). The highest BCUT2D eigenvalue weighted by molar-refractivity contribution is 6.35. The molecule has 0 spiro atoms. The van der Waals surface area contributed by atoms with Crippen LogP contribution in [0.1, 0.15) is 72.4 Å². The summed E-state index contributed by atoms with van der Waals surface area (Å²) < 4.78 is 19.0. The molecular weight excluding hydrogens is 863 g/mol. The Morgan fingerprint density at radius 2 is 1.54 bits per heavy atom. The summed E-state index contributed by atoms with van der Waals surface area (Å²) in [4.78, 5) is 17.1. The lowest BCUT2D eigenvalue weighted by Gasteiger charge is -2.49. The van der Waals surface area contributed by atoms with Gasteiger partial charge in [0.1, 0.15) is 47.7 Å². The van der Waals surface area contributed by atoms with E-state index in [1.807, 2.05) is 48.5 Å². The summed E-state index contributed by atoms with van der Waals surface area (Å²) in [6, 6.07) is 26.6. The Balaban J connectivity index is 0.00000214. The van der Waals surface area contributed by atoms with Crippen molar-refractivity contribution in [3.8, 4) is 34.4 Å². The molecule has 2 unspecified atom stereocenters. The number of aliphatic hydroxyl groups is 2. The van der Waals surface area contributed by atoms with Crippen LogP contribution >= 0.6 is 34.8 Å². The van der Waals surface area contributed by atoms with E-state index in [1.165, 1.54) is 25.5 Å². The fourth-order valence-electron chi connectivity index (χ4n) is 8.29. The minimum absolute atomic E-state index is 0.250. The van der Waals surface area contributed by atoms with E-state index < -0.39 is 11.2 Å². The number of carbonyl (C=O) groups is 1. The lowest BCUT2D eigenvalue weighted by atomic mass is 9.73. The van der Waals surface area contributed by atoms with Crippen molar-refractivity contribution < 1.29 is 34.3 Å². The summed E-state index contributed by atoms with van der Waals surface area (Å²) in [6.45, 7) is 8.87. The maximum Gasteiger partial charge on any atom is 0.290 e. The first-order valence-electron chi connectivity index (χ1n) is 21.0. The predicted octanol–water partition coefficient (Wildman–Crippen LogP) is 9.85. The molecule has 0 amide bonds. The predicted molar refractivity (Wildman–Crippen MR) is 246 cm³/mol. The molecule has 2 aliphatic rings. The Morgan fingerprint density at radius 3 is 2.27 bits per heavy atom. The van der Waals surface area contributed by atoms with E-state index in [0.717, 1.165) is 53.0 Å². The van der Waals surface area contributed by atoms with Crippen molar-refractivity contribution in [2.75, 3.05) is 39.3 Å². The van der Waals surface area contributed by atoms with E-state index >= 15 is 0 Å². The molecule has 0 bridgehead atoms. The summed E-state index contributed by atoms with van der Waals surface area (Å²) in [5.41, 5.74) is 4.04. The van der Waals surface area contributed by atoms with E-state index in [0.29, 0.717) is 82.5 Å². The zero-order valence-electron chi connectivity index (χ0n) is 35.5. The Kier molecular flexibility index (Phi) is 16.7. The van der Waals surface area contributed by atoms with Crippen LogP contribution in [0.5, 0.6) is 17.2 Å². The molecule has 11 nitrogen and oxygen atoms in total. The third-order valence-electron chi connectivity index (χ3n) is 11.8. The number of benzene rings is 4. The van der Waals surface area contributed by atoms with Crippen LogP contribution < -0.4 is 14.2 Å². The number of piperidine rings is 2. The van der Waals surface area contributed by atoms with Gasteiger partial charge >= 0.3 is 0 Å². The van der Waals surface area contributed by atoms with E-state index in [1.54, 1.807) is 43.5 Å². The van der Waals surface area contributed by atoms with Crippen molar-refractivity contribution in [1.29, 1.82) is 5.26 Å². The molecule has 3 N–H and O–H groups in total. The highest BCUT2D eigenvalue weighted by Crippen LogP contribution is 2.42. The lowest BCUT2D eigenvalue weighted by Crippen LogP contribution is -2.61. The molecule has 2 fully saturated rings. The second-order valence-corrected chi connectivity index (χ2v) is 17.4. The maximum atomic E-state index is 11.5. The standard InChI is InChI=1S/C48H51Cl3N4O5.CH2O2/c1-33-36(31-60-45-25-44(59-30-35-23-34(26-52)27-53-28-35)37(24-42(45)50)29-54-18-4-3-5-19-54)9-6-10-40(33)41-11-7-12-43(46(41)51)58-22-8-20-55-21-17-48(57,47(2,56)32-55)38-13-15-39(49)16-14-38;2-1-3/h6-7,9-16,23-25,27-28,56-57H,3-5,8,17-22,29-32H2,1-2H3;1H,(H,2,3). The number of hydrogen-bond acceptors (Lipinski definition) is 10. The molecule has 4 aromatic carbocycles. The van der Waals surface area contributed by atoms with Gasteiger partial charge in [-0.1, -0.05) is 83.7 Å². The number of β-amino-alcohol motifs (C(OH)–C–C–N with tert-alkyl or cyclic N) is 1. The number of pyridine rings is 1. The molecule has 3 heterocycles. The summed E-state index contributed by atoms with van der Waals surface area (Å²) in [5.74, 6) is 1.79. The van der Waals surface area contributed by atoms with Crippen LogP contribution in [0.4, 0.5) is 0 Å². The van der Waals surface area contributed by atoms with E-state index in [-0.39, 0.29) is 19.7 Å². The number of rotatable bonds is 15. The highest BCUT2D eigenvalue weighted by atomic mass is 35.5. The van der Waals surface area contributed by atoms with Gasteiger partial charge in [-0.2, -0.15) is 5.26 Å². The van der Waals surface area contributed by atoms with Gasteiger partial charge in [0, 0.05) is 66.4 Å². The Labute approximate surface area is 384 Å². The average molecular weight is 916 g/mol. The zero-order valence-corrected chi connectivity index (χ0v) is 37.8. The number of ether oxygens (including phenoxy) is 3. The van der Waals surface area contributed by atoms with Gasteiger partial charge in [0.05, 0.1) is 22.2 Å². The van der Waals surface area contributed by atoms with Crippen molar-refractivity contribution in [2.45, 2.75) is 76.9 Å². The SMILES string of the molecule is Cc1c(COc2cc(OCc3cncc(C#N)c3)c(CN3CCCCC3)cc2Cl)cccc1-c1cccc(OCCCN2CCC(O)(c3ccc(Cl)cc3)C(C)(O)C2)c1Cl.O=CO. The van der Waals surface area contributed by atoms with Gasteiger partial charge < -0.3 is 34.4 Å². The van der Waals surface area contributed by atoms with Crippen LogP contribution in [-0.2, 0) is 30.2 Å². The van der Waals surface area contributed by atoms with Crippen molar-refractivity contribution in [3.05, 3.63) is 140 Å². The van der Waals surface area contributed by atoms with Gasteiger partial charge in [-0.15, -0.1) is 0 Å². The molecule has 0 saturated carbocycles. The van der Waals surface area contributed by atoms with Crippen LogP contribution in [0, 0.1) is 18.3 Å². The zero-order chi connectivity index (χ0) is 45.0. The largest absolute Gasteiger partial charge is 0.492 e. The lowest BCUT2D eigenvalue weighted by molar-refractivity contribution is -0.186. The topological polar surface area (TPSA) is 149 Å². The number of nitrogens with zero attached hydrogens (tertiary/aromatic N) is 4. The van der Waals surface area contributed by atoms with Crippen LogP contribution in [0.15, 0.2) is 91.3 Å². The van der Waals surface area contributed by atoms with Gasteiger partial charge in [0.25, 0.3) is 6.47 Å². The monoisotopic (exact) mass is 914 g/mol. The number of aromatic nitrogens is 1. The van der Waals surface area contributed by atoms with Gasteiger partial charge in [0.15, 0.2) is 0 Å². The fourth-order valence-corrected chi connectivity index (χ4v) is 8.93. The quantitative estimate of drug-likeness (QED) is 0.0681. The molecule has 2 atom stereocenters.